The maximum absolute atomic E-state index is 11.6. The first kappa shape index (κ1) is 13.0. The summed E-state index contributed by atoms with van der Waals surface area (Å²) in [6.07, 6.45) is 5.47. The molecule has 0 amide bonds. The van der Waals surface area contributed by atoms with Crippen molar-refractivity contribution in [1.82, 2.24) is 10.3 Å². The number of rotatable bonds is 6. The Balaban J connectivity index is 1.91. The summed E-state index contributed by atoms with van der Waals surface area (Å²) in [5.74, 6) is 0.487. The molecule has 1 saturated carbocycles. The second kappa shape index (κ2) is 5.96. The van der Waals surface area contributed by atoms with Gasteiger partial charge in [-0.05, 0) is 30.9 Å². The molecule has 0 saturated heterocycles. The molecule has 1 aromatic rings. The average Bonchev–Trinajstić information content (AvgIpc) is 3.15. The summed E-state index contributed by atoms with van der Waals surface area (Å²) in [5.41, 5.74) is 1.33. The topological polar surface area (TPSA) is 51.2 Å². The number of pyridine rings is 1. The van der Waals surface area contributed by atoms with E-state index in [-0.39, 0.29) is 5.97 Å². The minimum atomic E-state index is -0.319. The van der Waals surface area contributed by atoms with Gasteiger partial charge >= 0.3 is 5.97 Å². The highest BCUT2D eigenvalue weighted by molar-refractivity contribution is 5.90. The number of nitrogens with one attached hydrogen (secondary N) is 1. The molecule has 4 nitrogen and oxygen atoms in total. The molecule has 1 fully saturated rings. The van der Waals surface area contributed by atoms with Gasteiger partial charge in [0.15, 0.2) is 0 Å². The van der Waals surface area contributed by atoms with E-state index in [4.69, 9.17) is 4.74 Å². The predicted octanol–water partition coefficient (Wildman–Crippen LogP) is 2.15. The summed E-state index contributed by atoms with van der Waals surface area (Å²) in [6, 6.07) is 4.11. The summed E-state index contributed by atoms with van der Waals surface area (Å²) in [4.78, 5) is 15.8. The summed E-state index contributed by atoms with van der Waals surface area (Å²) < 4.78 is 4.75. The van der Waals surface area contributed by atoms with Crippen molar-refractivity contribution in [3.05, 3.63) is 29.6 Å². The van der Waals surface area contributed by atoms with Gasteiger partial charge in [-0.3, -0.25) is 4.98 Å². The molecule has 18 heavy (non-hydrogen) atoms. The van der Waals surface area contributed by atoms with Gasteiger partial charge in [-0.1, -0.05) is 13.3 Å². The Labute approximate surface area is 108 Å². The monoisotopic (exact) mass is 248 g/mol. The highest BCUT2D eigenvalue weighted by Gasteiger charge is 2.35. The second-order valence-corrected chi connectivity index (χ2v) is 4.76. The predicted molar refractivity (Wildman–Crippen MR) is 69.2 cm³/mol. The van der Waals surface area contributed by atoms with Gasteiger partial charge in [-0.25, -0.2) is 4.79 Å². The number of esters is 1. The molecule has 2 unspecified atom stereocenters. The summed E-state index contributed by atoms with van der Waals surface area (Å²) in [5, 5.41) is 3.46. The smallest absolute Gasteiger partial charge is 0.339 e. The van der Waals surface area contributed by atoms with Gasteiger partial charge in [0.05, 0.1) is 18.4 Å². The number of hydrogen-bond acceptors (Lipinski definition) is 4. The van der Waals surface area contributed by atoms with E-state index in [1.165, 1.54) is 26.4 Å². The lowest BCUT2D eigenvalue weighted by Gasteiger charge is -2.07. The number of methoxy groups -OCH3 is 1. The van der Waals surface area contributed by atoms with Crippen molar-refractivity contribution in [3.8, 4) is 0 Å². The van der Waals surface area contributed by atoms with Crippen LogP contribution in [0.2, 0.25) is 0 Å². The first-order valence-electron chi connectivity index (χ1n) is 6.51. The Kier molecular flexibility index (Phi) is 4.31. The molecule has 0 spiro atoms. The van der Waals surface area contributed by atoms with Gasteiger partial charge in [0, 0.05) is 18.8 Å². The minimum Gasteiger partial charge on any atom is -0.465 e. The van der Waals surface area contributed by atoms with E-state index in [0.717, 1.165) is 11.6 Å². The number of hydrogen-bond donors (Lipinski definition) is 1. The second-order valence-electron chi connectivity index (χ2n) is 4.76. The molecule has 1 N–H and O–H groups in total. The van der Waals surface area contributed by atoms with Crippen molar-refractivity contribution in [2.75, 3.05) is 7.11 Å². The van der Waals surface area contributed by atoms with Gasteiger partial charge in [-0.15, -0.1) is 0 Å². The van der Waals surface area contributed by atoms with E-state index >= 15 is 0 Å². The zero-order valence-corrected chi connectivity index (χ0v) is 11.0. The van der Waals surface area contributed by atoms with E-state index in [1.807, 2.05) is 0 Å². The average molecular weight is 248 g/mol. The maximum atomic E-state index is 11.6. The zero-order chi connectivity index (χ0) is 13.0. The standard InChI is InChI=1S/C14H20N2O2/c1-3-5-10-8-12(10)16-9-13-11(14(17)18-2)6-4-7-15-13/h4,6-7,10,12,16H,3,5,8-9H2,1-2H3. The summed E-state index contributed by atoms with van der Waals surface area (Å²) >= 11 is 0. The highest BCUT2D eigenvalue weighted by Crippen LogP contribution is 2.34. The minimum absolute atomic E-state index is 0.319. The first-order chi connectivity index (χ1) is 8.76. The van der Waals surface area contributed by atoms with Crippen LogP contribution in [0.4, 0.5) is 0 Å². The fourth-order valence-corrected chi connectivity index (χ4v) is 2.29. The van der Waals surface area contributed by atoms with Gasteiger partial charge in [-0.2, -0.15) is 0 Å². The fourth-order valence-electron chi connectivity index (χ4n) is 2.29. The Morgan fingerprint density at radius 3 is 3.17 bits per heavy atom. The van der Waals surface area contributed by atoms with Crippen molar-refractivity contribution < 1.29 is 9.53 Å². The third-order valence-corrected chi connectivity index (χ3v) is 3.41. The molecule has 2 atom stereocenters. The molecule has 0 aromatic carbocycles. The normalized spacial score (nSPS) is 21.7. The first-order valence-corrected chi connectivity index (χ1v) is 6.51. The maximum Gasteiger partial charge on any atom is 0.339 e. The Morgan fingerprint density at radius 1 is 1.61 bits per heavy atom. The van der Waals surface area contributed by atoms with Gasteiger partial charge in [0.25, 0.3) is 0 Å². The lowest BCUT2D eigenvalue weighted by Crippen LogP contribution is -2.20. The van der Waals surface area contributed by atoms with E-state index < -0.39 is 0 Å². The van der Waals surface area contributed by atoms with E-state index in [1.54, 1.807) is 18.3 Å². The Morgan fingerprint density at radius 2 is 2.44 bits per heavy atom. The van der Waals surface area contributed by atoms with Crippen molar-refractivity contribution in [1.29, 1.82) is 0 Å². The van der Waals surface area contributed by atoms with Gasteiger partial charge in [0.2, 0.25) is 0 Å². The van der Waals surface area contributed by atoms with Crippen LogP contribution in [0.1, 0.15) is 42.2 Å². The lowest BCUT2D eigenvalue weighted by atomic mass is 10.2. The van der Waals surface area contributed by atoms with Crippen LogP contribution in [0, 0.1) is 5.92 Å². The molecule has 1 aliphatic rings. The van der Waals surface area contributed by atoms with E-state index in [0.29, 0.717) is 18.2 Å². The molecule has 1 aliphatic carbocycles. The van der Waals surface area contributed by atoms with Crippen LogP contribution in [-0.2, 0) is 11.3 Å². The van der Waals surface area contributed by atoms with Crippen LogP contribution < -0.4 is 5.32 Å². The molecule has 2 rings (SSSR count). The molecule has 0 aliphatic heterocycles. The third-order valence-electron chi connectivity index (χ3n) is 3.41. The van der Waals surface area contributed by atoms with Crippen LogP contribution in [0.15, 0.2) is 18.3 Å². The van der Waals surface area contributed by atoms with E-state index in [9.17, 15) is 4.79 Å². The molecule has 1 aromatic heterocycles. The molecule has 98 valence electrons. The van der Waals surface area contributed by atoms with Crippen LogP contribution in [0.3, 0.4) is 0 Å². The number of carbonyl (C=O) groups is 1. The SMILES string of the molecule is CCCC1CC1NCc1ncccc1C(=O)OC. The molecular weight excluding hydrogens is 228 g/mol. The van der Waals surface area contributed by atoms with Gasteiger partial charge < -0.3 is 10.1 Å². The number of carbonyl (C=O) groups excluding carboxylic acids is 1. The third kappa shape index (κ3) is 3.07. The van der Waals surface area contributed by atoms with Crippen LogP contribution in [0.25, 0.3) is 0 Å². The van der Waals surface area contributed by atoms with Crippen molar-refractivity contribution in [3.63, 3.8) is 0 Å². The number of aromatic nitrogens is 1. The number of ether oxygens (including phenoxy) is 1. The van der Waals surface area contributed by atoms with Crippen LogP contribution in [0.5, 0.6) is 0 Å². The lowest BCUT2D eigenvalue weighted by molar-refractivity contribution is 0.0598. The Bertz CT molecular complexity index is 420. The zero-order valence-electron chi connectivity index (χ0n) is 11.0. The molecule has 4 heteroatoms. The Hall–Kier alpha value is -1.42. The van der Waals surface area contributed by atoms with E-state index in [2.05, 4.69) is 17.2 Å². The summed E-state index contributed by atoms with van der Waals surface area (Å²) in [6.45, 7) is 2.85. The molecular formula is C14H20N2O2. The van der Waals surface area contributed by atoms with Crippen molar-refractivity contribution >= 4 is 5.97 Å². The largest absolute Gasteiger partial charge is 0.465 e. The van der Waals surface area contributed by atoms with Crippen LogP contribution >= 0.6 is 0 Å². The van der Waals surface area contributed by atoms with Gasteiger partial charge in [0.1, 0.15) is 0 Å². The quantitative estimate of drug-likeness (QED) is 0.784. The molecule has 0 bridgehead atoms. The van der Waals surface area contributed by atoms with Crippen molar-refractivity contribution in [2.45, 2.75) is 38.8 Å². The molecule has 0 radical (unpaired) electrons. The molecule has 1 heterocycles. The van der Waals surface area contributed by atoms with Crippen molar-refractivity contribution in [2.24, 2.45) is 5.92 Å². The number of nitrogens with zero attached hydrogens (tertiary/aromatic N) is 1. The summed E-state index contributed by atoms with van der Waals surface area (Å²) in [7, 11) is 1.39. The highest BCUT2D eigenvalue weighted by atomic mass is 16.5. The fraction of sp³-hybridized carbons (Fsp3) is 0.571. The van der Waals surface area contributed by atoms with Crippen LogP contribution in [-0.4, -0.2) is 24.1 Å².